The topological polar surface area (TPSA) is 88.1 Å². The zero-order chi connectivity index (χ0) is 21.5. The summed E-state index contributed by atoms with van der Waals surface area (Å²) in [6, 6.07) is 15.6. The third kappa shape index (κ3) is 5.81. The second-order valence-corrected chi connectivity index (χ2v) is 7.74. The van der Waals surface area contributed by atoms with Gasteiger partial charge in [-0.05, 0) is 35.7 Å². The summed E-state index contributed by atoms with van der Waals surface area (Å²) in [5.41, 5.74) is 1.26. The van der Waals surface area contributed by atoms with Gasteiger partial charge in [0.15, 0.2) is 6.61 Å². The second-order valence-electron chi connectivity index (χ2n) is 7.74. The minimum absolute atomic E-state index is 0.0476. The van der Waals surface area contributed by atoms with Crippen LogP contribution < -0.4 is 10.1 Å². The maximum absolute atomic E-state index is 12.2. The van der Waals surface area contributed by atoms with Gasteiger partial charge in [0.2, 0.25) is 5.91 Å². The van der Waals surface area contributed by atoms with E-state index < -0.39 is 12.1 Å². The fraction of sp³-hybridized carbons (Fsp3) is 0.391. The predicted molar refractivity (Wildman–Crippen MR) is 113 cm³/mol. The van der Waals surface area contributed by atoms with E-state index in [0.717, 1.165) is 0 Å². The molecular weight excluding hydrogens is 384 g/mol. The summed E-state index contributed by atoms with van der Waals surface area (Å²) in [4.78, 5) is 26.0. The Morgan fingerprint density at radius 1 is 1.20 bits per heavy atom. The van der Waals surface area contributed by atoms with Crippen molar-refractivity contribution in [3.8, 4) is 5.75 Å². The van der Waals surface area contributed by atoms with E-state index in [4.69, 9.17) is 9.47 Å². The van der Waals surface area contributed by atoms with Crippen LogP contribution in [0.5, 0.6) is 5.75 Å². The van der Waals surface area contributed by atoms with Crippen molar-refractivity contribution in [1.82, 2.24) is 4.90 Å². The number of benzene rings is 2. The van der Waals surface area contributed by atoms with Gasteiger partial charge in [0.05, 0.1) is 12.6 Å². The standard InChI is InChI=1S/C23H28N2O5/c1-16(2)12-25-20(13-29-15-22(25)27)23(28)17-8-10-18(11-9-17)24-21(26)14-30-19-6-4-3-5-7-19/h3-11,16,20,23,28H,12-15H2,1-2H3,(H,24,26). The smallest absolute Gasteiger partial charge is 0.262 e. The fourth-order valence-electron chi connectivity index (χ4n) is 3.37. The molecule has 7 nitrogen and oxygen atoms in total. The molecule has 1 heterocycles. The molecule has 0 aromatic heterocycles. The number of aliphatic hydroxyl groups excluding tert-OH is 1. The van der Waals surface area contributed by atoms with Crippen LogP contribution in [-0.2, 0) is 14.3 Å². The summed E-state index contributed by atoms with van der Waals surface area (Å²) < 4.78 is 10.8. The second kappa shape index (κ2) is 10.2. The number of nitrogens with zero attached hydrogens (tertiary/aromatic N) is 1. The number of rotatable bonds is 8. The van der Waals surface area contributed by atoms with Crippen molar-refractivity contribution in [3.63, 3.8) is 0 Å². The molecular formula is C23H28N2O5. The lowest BCUT2D eigenvalue weighted by molar-refractivity contribution is -0.155. The molecule has 1 aliphatic rings. The predicted octanol–water partition coefficient (Wildman–Crippen LogP) is 2.62. The molecule has 2 unspecified atom stereocenters. The summed E-state index contributed by atoms with van der Waals surface area (Å²) in [6.45, 7) is 4.87. The largest absolute Gasteiger partial charge is 0.484 e. The van der Waals surface area contributed by atoms with Gasteiger partial charge in [-0.2, -0.15) is 0 Å². The van der Waals surface area contributed by atoms with E-state index in [9.17, 15) is 14.7 Å². The Labute approximate surface area is 176 Å². The highest BCUT2D eigenvalue weighted by Crippen LogP contribution is 2.26. The molecule has 1 aliphatic heterocycles. The molecule has 0 bridgehead atoms. The maximum atomic E-state index is 12.2. The van der Waals surface area contributed by atoms with Crippen LogP contribution in [0.3, 0.4) is 0 Å². The first-order chi connectivity index (χ1) is 14.4. The van der Waals surface area contributed by atoms with Crippen LogP contribution in [0.15, 0.2) is 54.6 Å². The van der Waals surface area contributed by atoms with Crippen molar-refractivity contribution in [1.29, 1.82) is 0 Å². The lowest BCUT2D eigenvalue weighted by atomic mass is 9.99. The van der Waals surface area contributed by atoms with Gasteiger partial charge in [0.25, 0.3) is 5.91 Å². The number of morpholine rings is 1. The number of aliphatic hydroxyl groups is 1. The van der Waals surface area contributed by atoms with Crippen molar-refractivity contribution in [3.05, 3.63) is 60.2 Å². The van der Waals surface area contributed by atoms with E-state index >= 15 is 0 Å². The lowest BCUT2D eigenvalue weighted by Crippen LogP contribution is -2.53. The van der Waals surface area contributed by atoms with Crippen LogP contribution in [0, 0.1) is 5.92 Å². The molecule has 0 saturated carbocycles. The molecule has 30 heavy (non-hydrogen) atoms. The van der Waals surface area contributed by atoms with Crippen molar-refractivity contribution in [2.45, 2.75) is 26.0 Å². The molecule has 1 fully saturated rings. The first-order valence-corrected chi connectivity index (χ1v) is 10.1. The van der Waals surface area contributed by atoms with Crippen molar-refractivity contribution in [2.24, 2.45) is 5.92 Å². The third-order valence-electron chi connectivity index (χ3n) is 4.81. The van der Waals surface area contributed by atoms with E-state index in [1.807, 2.05) is 32.0 Å². The molecule has 160 valence electrons. The summed E-state index contributed by atoms with van der Waals surface area (Å²) in [7, 11) is 0. The number of carbonyl (C=O) groups excluding carboxylic acids is 2. The van der Waals surface area contributed by atoms with Gasteiger partial charge in [-0.1, -0.05) is 44.2 Å². The average Bonchev–Trinajstić information content (AvgIpc) is 2.74. The van der Waals surface area contributed by atoms with Crippen molar-refractivity contribution >= 4 is 17.5 Å². The molecule has 0 spiro atoms. The van der Waals surface area contributed by atoms with Gasteiger partial charge in [-0.25, -0.2) is 0 Å². The molecule has 1 saturated heterocycles. The first kappa shape index (κ1) is 21.8. The molecule has 2 amide bonds. The number of para-hydroxylation sites is 1. The summed E-state index contributed by atoms with van der Waals surface area (Å²) in [5.74, 6) is 0.529. The minimum Gasteiger partial charge on any atom is -0.484 e. The van der Waals surface area contributed by atoms with Gasteiger partial charge in [-0.3, -0.25) is 9.59 Å². The molecule has 2 aromatic carbocycles. The van der Waals surface area contributed by atoms with Gasteiger partial charge in [0.1, 0.15) is 18.5 Å². The Morgan fingerprint density at radius 3 is 2.57 bits per heavy atom. The third-order valence-corrected chi connectivity index (χ3v) is 4.81. The Kier molecular flexibility index (Phi) is 7.43. The zero-order valence-electron chi connectivity index (χ0n) is 17.3. The summed E-state index contributed by atoms with van der Waals surface area (Å²) in [5, 5.41) is 13.6. The minimum atomic E-state index is -0.876. The van der Waals surface area contributed by atoms with Crippen LogP contribution in [0.1, 0.15) is 25.5 Å². The Bertz CT molecular complexity index is 838. The monoisotopic (exact) mass is 412 g/mol. The van der Waals surface area contributed by atoms with Crippen molar-refractivity contribution in [2.75, 3.05) is 31.7 Å². The SMILES string of the molecule is CC(C)CN1C(=O)COCC1C(O)c1ccc(NC(=O)COc2ccccc2)cc1. The molecule has 2 N–H and O–H groups in total. The summed E-state index contributed by atoms with van der Waals surface area (Å²) >= 11 is 0. The molecule has 2 aromatic rings. The first-order valence-electron chi connectivity index (χ1n) is 10.1. The number of carbonyl (C=O) groups is 2. The van der Waals surface area contributed by atoms with Gasteiger partial charge in [-0.15, -0.1) is 0 Å². The van der Waals surface area contributed by atoms with Crippen LogP contribution in [-0.4, -0.2) is 54.2 Å². The van der Waals surface area contributed by atoms with Crippen LogP contribution in [0.2, 0.25) is 0 Å². The fourth-order valence-corrected chi connectivity index (χ4v) is 3.37. The average molecular weight is 412 g/mol. The number of ether oxygens (including phenoxy) is 2. The summed E-state index contributed by atoms with van der Waals surface area (Å²) in [6.07, 6.45) is -0.876. The highest BCUT2D eigenvalue weighted by atomic mass is 16.5. The quantitative estimate of drug-likeness (QED) is 0.696. The highest BCUT2D eigenvalue weighted by molar-refractivity contribution is 5.91. The maximum Gasteiger partial charge on any atom is 0.262 e. The molecule has 0 radical (unpaired) electrons. The number of amides is 2. The van der Waals surface area contributed by atoms with Crippen LogP contribution in [0.4, 0.5) is 5.69 Å². The highest BCUT2D eigenvalue weighted by Gasteiger charge is 2.34. The van der Waals surface area contributed by atoms with E-state index in [1.54, 1.807) is 41.3 Å². The van der Waals surface area contributed by atoms with Gasteiger partial charge < -0.3 is 24.8 Å². The van der Waals surface area contributed by atoms with E-state index in [2.05, 4.69) is 5.32 Å². The van der Waals surface area contributed by atoms with E-state index in [1.165, 1.54) is 0 Å². The normalized spacial score (nSPS) is 17.7. The Hall–Kier alpha value is -2.90. The van der Waals surface area contributed by atoms with Gasteiger partial charge >= 0.3 is 0 Å². The Balaban J connectivity index is 1.58. The molecule has 3 rings (SSSR count). The lowest BCUT2D eigenvalue weighted by Gasteiger charge is -2.39. The number of anilines is 1. The van der Waals surface area contributed by atoms with E-state index in [-0.39, 0.29) is 37.6 Å². The number of hydrogen-bond donors (Lipinski definition) is 2. The number of hydrogen-bond acceptors (Lipinski definition) is 5. The van der Waals surface area contributed by atoms with Crippen LogP contribution in [0.25, 0.3) is 0 Å². The van der Waals surface area contributed by atoms with E-state index in [0.29, 0.717) is 23.5 Å². The number of nitrogens with one attached hydrogen (secondary N) is 1. The van der Waals surface area contributed by atoms with Gasteiger partial charge in [0, 0.05) is 12.2 Å². The zero-order valence-corrected chi connectivity index (χ0v) is 17.3. The Morgan fingerprint density at radius 2 is 1.90 bits per heavy atom. The van der Waals surface area contributed by atoms with Crippen molar-refractivity contribution < 1.29 is 24.2 Å². The molecule has 2 atom stereocenters. The van der Waals surface area contributed by atoms with Crippen LogP contribution >= 0.6 is 0 Å². The molecule has 0 aliphatic carbocycles. The molecule has 7 heteroatoms.